The highest BCUT2D eigenvalue weighted by Gasteiger charge is 2.59. The fourth-order valence-electron chi connectivity index (χ4n) is 11.4. The summed E-state index contributed by atoms with van der Waals surface area (Å²) in [6.45, 7) is 16.1. The Kier molecular flexibility index (Phi) is 16.3. The smallest absolute Gasteiger partial charge is 0.0612 e. The van der Waals surface area contributed by atoms with Gasteiger partial charge < -0.3 is 4.74 Å². The summed E-state index contributed by atoms with van der Waals surface area (Å²) in [4.78, 5) is 0. The van der Waals surface area contributed by atoms with E-state index in [9.17, 15) is 0 Å². The Morgan fingerprint density at radius 1 is 0.739 bits per heavy atom. The van der Waals surface area contributed by atoms with Crippen LogP contribution in [0.1, 0.15) is 202 Å². The molecule has 0 aliphatic heterocycles. The molecule has 4 unspecified atom stereocenters. The molecule has 0 N–H and O–H groups in total. The second kappa shape index (κ2) is 19.6. The van der Waals surface area contributed by atoms with Crippen LogP contribution in [-0.2, 0) is 4.74 Å². The SMILES string of the molecule is CCCCCCCC/C=C\CCCCCCCCOC1CC[C@@]2(C)C(=CCC3C2CC[C@@]2(C)C3CC[C@@H]2[C@H](C)CCCC(C)C)C1. The van der Waals surface area contributed by atoms with Crippen molar-refractivity contribution in [2.45, 2.75) is 208 Å². The topological polar surface area (TPSA) is 9.23 Å². The van der Waals surface area contributed by atoms with E-state index in [-0.39, 0.29) is 0 Å². The van der Waals surface area contributed by atoms with Crippen LogP contribution in [0.15, 0.2) is 23.8 Å². The van der Waals surface area contributed by atoms with Gasteiger partial charge in [-0.25, -0.2) is 0 Å². The van der Waals surface area contributed by atoms with Gasteiger partial charge in [-0.3, -0.25) is 0 Å². The number of fused-ring (bicyclic) bond motifs is 5. The highest BCUT2D eigenvalue weighted by atomic mass is 16.5. The van der Waals surface area contributed by atoms with Gasteiger partial charge >= 0.3 is 0 Å². The quantitative estimate of drug-likeness (QED) is 0.0848. The highest BCUT2D eigenvalue weighted by Crippen LogP contribution is 2.67. The van der Waals surface area contributed by atoms with Gasteiger partial charge in [-0.15, -0.1) is 0 Å². The first-order valence-corrected chi connectivity index (χ1v) is 21.3. The molecule has 4 rings (SSSR count). The van der Waals surface area contributed by atoms with Gasteiger partial charge in [0.1, 0.15) is 0 Å². The van der Waals surface area contributed by atoms with Gasteiger partial charge in [-0.05, 0) is 130 Å². The summed E-state index contributed by atoms with van der Waals surface area (Å²) < 4.78 is 6.55. The molecule has 1 heteroatoms. The maximum Gasteiger partial charge on any atom is 0.0612 e. The van der Waals surface area contributed by atoms with Gasteiger partial charge in [0.15, 0.2) is 0 Å². The van der Waals surface area contributed by atoms with Crippen molar-refractivity contribution in [3.05, 3.63) is 23.8 Å². The van der Waals surface area contributed by atoms with Crippen LogP contribution < -0.4 is 0 Å². The van der Waals surface area contributed by atoms with E-state index >= 15 is 0 Å². The Morgan fingerprint density at radius 2 is 1.41 bits per heavy atom. The van der Waals surface area contributed by atoms with Gasteiger partial charge in [0.05, 0.1) is 6.10 Å². The Hall–Kier alpha value is -0.560. The predicted octanol–water partition coefficient (Wildman–Crippen LogP) is 14.5. The lowest BCUT2D eigenvalue weighted by molar-refractivity contribution is -0.0641. The summed E-state index contributed by atoms with van der Waals surface area (Å²) in [6, 6.07) is 0. The zero-order chi connectivity index (χ0) is 32.8. The van der Waals surface area contributed by atoms with Crippen molar-refractivity contribution < 1.29 is 4.74 Å². The van der Waals surface area contributed by atoms with E-state index in [0.29, 0.717) is 16.9 Å². The number of hydrogen-bond donors (Lipinski definition) is 0. The lowest BCUT2D eigenvalue weighted by Gasteiger charge is -2.58. The third-order valence-corrected chi connectivity index (χ3v) is 14.3. The maximum absolute atomic E-state index is 6.55. The Morgan fingerprint density at radius 3 is 2.11 bits per heavy atom. The fourth-order valence-corrected chi connectivity index (χ4v) is 11.4. The van der Waals surface area contributed by atoms with Gasteiger partial charge in [0, 0.05) is 6.61 Å². The molecule has 8 atom stereocenters. The molecule has 0 heterocycles. The van der Waals surface area contributed by atoms with Crippen LogP contribution in [0.2, 0.25) is 0 Å². The minimum Gasteiger partial charge on any atom is -0.378 e. The highest BCUT2D eigenvalue weighted by molar-refractivity contribution is 5.25. The van der Waals surface area contributed by atoms with E-state index in [0.717, 1.165) is 42.1 Å². The average molecular weight is 637 g/mol. The van der Waals surface area contributed by atoms with Crippen molar-refractivity contribution in [3.63, 3.8) is 0 Å². The van der Waals surface area contributed by atoms with E-state index in [1.54, 1.807) is 5.57 Å². The third kappa shape index (κ3) is 10.5. The lowest BCUT2D eigenvalue weighted by atomic mass is 9.47. The van der Waals surface area contributed by atoms with Gasteiger partial charge in [-0.1, -0.05) is 142 Å². The standard InChI is InChI=1S/C45H80O/c1-7-8-9-10-11-12-13-14-15-16-17-18-19-20-21-22-34-46-39-30-32-44(5)38(35-39)26-27-40-42-29-28-41(37(4)25-23-24-36(2)3)45(42,6)33-31-43(40)44/h14-15,26,36-37,39-43H,7-13,16-25,27-35H2,1-6H3/b15-14-/t37-,39?,40?,41-,42?,43?,44+,45-/m1/s1. The summed E-state index contributed by atoms with van der Waals surface area (Å²) in [6.07, 6.45) is 42.9. The Labute approximate surface area is 289 Å². The molecular weight excluding hydrogens is 556 g/mol. The maximum atomic E-state index is 6.55. The Balaban J connectivity index is 1.09. The van der Waals surface area contributed by atoms with E-state index in [4.69, 9.17) is 4.74 Å². The summed E-state index contributed by atoms with van der Waals surface area (Å²) in [5, 5.41) is 0. The minimum absolute atomic E-state index is 0.453. The molecule has 46 heavy (non-hydrogen) atoms. The molecule has 0 aromatic heterocycles. The molecule has 1 nitrogen and oxygen atoms in total. The number of unbranched alkanes of at least 4 members (excludes halogenated alkanes) is 12. The van der Waals surface area contributed by atoms with Crippen LogP contribution >= 0.6 is 0 Å². The first-order chi connectivity index (χ1) is 22.3. The second-order valence-electron chi connectivity index (χ2n) is 18.0. The molecule has 0 amide bonds. The third-order valence-electron chi connectivity index (χ3n) is 14.3. The molecule has 0 saturated heterocycles. The molecule has 0 aromatic rings. The number of ether oxygens (including phenoxy) is 1. The van der Waals surface area contributed by atoms with E-state index in [2.05, 4.69) is 59.8 Å². The molecular formula is C45H80O. The number of allylic oxidation sites excluding steroid dienone is 3. The van der Waals surface area contributed by atoms with E-state index in [1.807, 2.05) is 0 Å². The molecule has 4 aliphatic rings. The number of rotatable bonds is 22. The molecule has 3 fully saturated rings. The van der Waals surface area contributed by atoms with Gasteiger partial charge in [0.25, 0.3) is 0 Å². The largest absolute Gasteiger partial charge is 0.378 e. The van der Waals surface area contributed by atoms with Crippen LogP contribution in [0.5, 0.6) is 0 Å². The summed E-state index contributed by atoms with van der Waals surface area (Å²) in [5.74, 6) is 5.58. The van der Waals surface area contributed by atoms with Crippen LogP contribution in [0.25, 0.3) is 0 Å². The minimum atomic E-state index is 0.453. The van der Waals surface area contributed by atoms with Crippen molar-refractivity contribution in [1.82, 2.24) is 0 Å². The zero-order valence-corrected chi connectivity index (χ0v) is 32.1. The van der Waals surface area contributed by atoms with Crippen molar-refractivity contribution in [3.8, 4) is 0 Å². The molecule has 0 aromatic carbocycles. The van der Waals surface area contributed by atoms with Gasteiger partial charge in [0.2, 0.25) is 0 Å². The first kappa shape index (κ1) is 38.2. The normalized spacial score (nSPS) is 33.2. The summed E-state index contributed by atoms with van der Waals surface area (Å²) in [5.41, 5.74) is 2.85. The first-order valence-electron chi connectivity index (χ1n) is 21.3. The van der Waals surface area contributed by atoms with Crippen LogP contribution in [-0.4, -0.2) is 12.7 Å². The molecule has 0 spiro atoms. The van der Waals surface area contributed by atoms with Gasteiger partial charge in [-0.2, -0.15) is 0 Å². The summed E-state index contributed by atoms with van der Waals surface area (Å²) in [7, 11) is 0. The van der Waals surface area contributed by atoms with Crippen LogP contribution in [0.3, 0.4) is 0 Å². The number of hydrogen-bond acceptors (Lipinski definition) is 1. The van der Waals surface area contributed by atoms with Crippen molar-refractivity contribution >= 4 is 0 Å². The molecule has 266 valence electrons. The van der Waals surface area contributed by atoms with Crippen molar-refractivity contribution in [2.75, 3.05) is 6.61 Å². The molecule has 4 aliphatic carbocycles. The Bertz CT molecular complexity index is 899. The van der Waals surface area contributed by atoms with Crippen molar-refractivity contribution in [2.24, 2.45) is 46.3 Å². The summed E-state index contributed by atoms with van der Waals surface area (Å²) >= 11 is 0. The molecule has 3 saturated carbocycles. The van der Waals surface area contributed by atoms with Crippen LogP contribution in [0.4, 0.5) is 0 Å². The predicted molar refractivity (Wildman–Crippen MR) is 202 cm³/mol. The van der Waals surface area contributed by atoms with E-state index < -0.39 is 0 Å². The van der Waals surface area contributed by atoms with Crippen molar-refractivity contribution in [1.29, 1.82) is 0 Å². The average Bonchev–Trinajstić information content (AvgIpc) is 3.39. The lowest BCUT2D eigenvalue weighted by Crippen LogP contribution is -2.51. The fraction of sp³-hybridized carbons (Fsp3) is 0.911. The monoisotopic (exact) mass is 637 g/mol. The second-order valence-corrected chi connectivity index (χ2v) is 18.0. The van der Waals surface area contributed by atoms with Crippen LogP contribution in [0, 0.1) is 46.3 Å². The zero-order valence-electron chi connectivity index (χ0n) is 32.1. The molecule has 0 radical (unpaired) electrons. The molecule has 0 bridgehead atoms. The van der Waals surface area contributed by atoms with E-state index in [1.165, 1.54) is 161 Å².